The Kier molecular flexibility index (Phi) is 5.41. The molecule has 0 saturated heterocycles. The number of rotatable bonds is 6. The van der Waals surface area contributed by atoms with Gasteiger partial charge in [0, 0.05) is 6.42 Å². The molecule has 0 radical (unpaired) electrons. The molecule has 1 aliphatic rings. The lowest BCUT2D eigenvalue weighted by Crippen LogP contribution is -2.55. The van der Waals surface area contributed by atoms with Crippen LogP contribution in [0.1, 0.15) is 44.9 Å². The van der Waals surface area contributed by atoms with Crippen LogP contribution in [0.3, 0.4) is 0 Å². The lowest BCUT2D eigenvalue weighted by molar-refractivity contribution is -0.149. The zero-order valence-corrected chi connectivity index (χ0v) is 10.4. The van der Waals surface area contributed by atoms with Crippen LogP contribution in [0.15, 0.2) is 0 Å². The summed E-state index contributed by atoms with van der Waals surface area (Å²) < 4.78 is 0. The van der Waals surface area contributed by atoms with Gasteiger partial charge in [0.25, 0.3) is 0 Å². The molecule has 1 fully saturated rings. The van der Waals surface area contributed by atoms with Gasteiger partial charge in [-0.1, -0.05) is 19.3 Å². The number of aliphatic carboxylic acids is 1. The van der Waals surface area contributed by atoms with E-state index in [1.165, 1.54) is 0 Å². The third-order valence-electron chi connectivity index (χ3n) is 3.33. The lowest BCUT2D eigenvalue weighted by Gasteiger charge is -2.34. The number of amides is 1. The van der Waals surface area contributed by atoms with Crippen molar-refractivity contribution in [3.05, 3.63) is 0 Å². The van der Waals surface area contributed by atoms with Gasteiger partial charge in [-0.3, -0.25) is 4.79 Å². The molecular formula is C12H22N2O3. The summed E-state index contributed by atoms with van der Waals surface area (Å²) in [4.78, 5) is 23.0. The number of hydrogen-bond acceptors (Lipinski definition) is 3. The molecule has 0 aromatic rings. The molecule has 0 aliphatic heterocycles. The highest BCUT2D eigenvalue weighted by Gasteiger charge is 2.40. The molecule has 0 aromatic carbocycles. The normalized spacial score (nSPS) is 18.6. The van der Waals surface area contributed by atoms with Gasteiger partial charge in [0.05, 0.1) is 0 Å². The minimum absolute atomic E-state index is 0.149. The fraction of sp³-hybridized carbons (Fsp3) is 0.833. The first-order valence-corrected chi connectivity index (χ1v) is 6.30. The smallest absolute Gasteiger partial charge is 0.329 e. The number of carboxylic acid groups (broad SMARTS) is 1. The van der Waals surface area contributed by atoms with Crippen LogP contribution >= 0.6 is 0 Å². The van der Waals surface area contributed by atoms with Gasteiger partial charge in [-0.25, -0.2) is 4.79 Å². The summed E-state index contributed by atoms with van der Waals surface area (Å²) in [6.45, 7) is 0.771. The molecule has 0 spiro atoms. The van der Waals surface area contributed by atoms with Gasteiger partial charge in [-0.15, -0.1) is 0 Å². The van der Waals surface area contributed by atoms with E-state index >= 15 is 0 Å². The predicted octanol–water partition coefficient (Wildman–Crippen LogP) is 0.890. The van der Waals surface area contributed by atoms with Gasteiger partial charge in [0.2, 0.25) is 5.91 Å². The van der Waals surface area contributed by atoms with E-state index in [-0.39, 0.29) is 5.91 Å². The maximum absolute atomic E-state index is 11.7. The fourth-order valence-electron chi connectivity index (χ4n) is 2.30. The highest BCUT2D eigenvalue weighted by Crippen LogP contribution is 2.28. The predicted molar refractivity (Wildman–Crippen MR) is 64.8 cm³/mol. The Hall–Kier alpha value is -1.10. The van der Waals surface area contributed by atoms with Crippen molar-refractivity contribution in [2.24, 2.45) is 0 Å². The minimum Gasteiger partial charge on any atom is -0.480 e. The third kappa shape index (κ3) is 4.00. The molecule has 98 valence electrons. The average molecular weight is 242 g/mol. The zero-order valence-electron chi connectivity index (χ0n) is 10.4. The molecular weight excluding hydrogens is 220 g/mol. The van der Waals surface area contributed by atoms with Crippen LogP contribution in [0, 0.1) is 0 Å². The molecule has 0 bridgehead atoms. The van der Waals surface area contributed by atoms with Gasteiger partial charge in [-0.2, -0.15) is 0 Å². The highest BCUT2D eigenvalue weighted by molar-refractivity contribution is 5.87. The van der Waals surface area contributed by atoms with Crippen LogP contribution in [0.4, 0.5) is 0 Å². The van der Waals surface area contributed by atoms with Crippen LogP contribution in [-0.4, -0.2) is 36.1 Å². The van der Waals surface area contributed by atoms with E-state index in [2.05, 4.69) is 10.6 Å². The molecule has 0 aromatic heterocycles. The highest BCUT2D eigenvalue weighted by atomic mass is 16.4. The van der Waals surface area contributed by atoms with E-state index in [4.69, 9.17) is 0 Å². The molecule has 0 atom stereocenters. The van der Waals surface area contributed by atoms with Crippen molar-refractivity contribution < 1.29 is 14.7 Å². The molecule has 5 heteroatoms. The van der Waals surface area contributed by atoms with Crippen molar-refractivity contribution in [3.8, 4) is 0 Å². The largest absolute Gasteiger partial charge is 0.480 e. The Labute approximate surface area is 102 Å². The van der Waals surface area contributed by atoms with Crippen LogP contribution in [0.2, 0.25) is 0 Å². The summed E-state index contributed by atoms with van der Waals surface area (Å²) >= 11 is 0. The number of nitrogens with one attached hydrogen (secondary N) is 2. The fourth-order valence-corrected chi connectivity index (χ4v) is 2.30. The van der Waals surface area contributed by atoms with Crippen LogP contribution in [0.5, 0.6) is 0 Å². The van der Waals surface area contributed by atoms with E-state index in [0.717, 1.165) is 32.2 Å². The number of carbonyl (C=O) groups excluding carboxylic acids is 1. The third-order valence-corrected chi connectivity index (χ3v) is 3.33. The average Bonchev–Trinajstić information content (AvgIpc) is 2.30. The van der Waals surface area contributed by atoms with E-state index in [1.54, 1.807) is 0 Å². The SMILES string of the molecule is CNCCCC(=O)NC1(C(=O)O)CCCCC1. The summed E-state index contributed by atoms with van der Waals surface area (Å²) in [6, 6.07) is 0. The topological polar surface area (TPSA) is 78.4 Å². The molecule has 17 heavy (non-hydrogen) atoms. The standard InChI is InChI=1S/C12H22N2O3/c1-13-9-5-6-10(15)14-12(11(16)17)7-3-2-4-8-12/h13H,2-9H2,1H3,(H,14,15)(H,16,17). The second-order valence-corrected chi connectivity index (χ2v) is 4.70. The van der Waals surface area contributed by atoms with Gasteiger partial charge < -0.3 is 15.7 Å². The van der Waals surface area contributed by atoms with Gasteiger partial charge in [0.15, 0.2) is 0 Å². The van der Waals surface area contributed by atoms with Gasteiger partial charge in [-0.05, 0) is 32.9 Å². The first-order chi connectivity index (χ1) is 8.10. The Bertz CT molecular complexity index is 273. The molecule has 1 saturated carbocycles. The molecule has 0 unspecified atom stereocenters. The number of carboxylic acids is 1. The summed E-state index contributed by atoms with van der Waals surface area (Å²) in [5, 5.41) is 15.0. The van der Waals surface area contributed by atoms with Crippen molar-refractivity contribution >= 4 is 11.9 Å². The van der Waals surface area contributed by atoms with E-state index in [9.17, 15) is 14.7 Å². The quantitative estimate of drug-likeness (QED) is 0.604. The first-order valence-electron chi connectivity index (χ1n) is 6.30. The van der Waals surface area contributed by atoms with Crippen LogP contribution in [-0.2, 0) is 9.59 Å². The van der Waals surface area contributed by atoms with Crippen molar-refractivity contribution in [1.82, 2.24) is 10.6 Å². The summed E-state index contributed by atoms with van der Waals surface area (Å²) in [5.41, 5.74) is -1.00. The summed E-state index contributed by atoms with van der Waals surface area (Å²) in [6.07, 6.45) is 5.05. The maximum atomic E-state index is 11.7. The lowest BCUT2D eigenvalue weighted by atomic mass is 9.81. The molecule has 1 rings (SSSR count). The molecule has 1 aliphatic carbocycles. The van der Waals surface area contributed by atoms with Gasteiger partial charge in [0.1, 0.15) is 5.54 Å². The second kappa shape index (κ2) is 6.59. The van der Waals surface area contributed by atoms with Gasteiger partial charge >= 0.3 is 5.97 Å². The number of carbonyl (C=O) groups is 2. The Morgan fingerprint density at radius 2 is 1.88 bits per heavy atom. The van der Waals surface area contributed by atoms with Crippen molar-refractivity contribution in [2.75, 3.05) is 13.6 Å². The maximum Gasteiger partial charge on any atom is 0.329 e. The monoisotopic (exact) mass is 242 g/mol. The summed E-state index contributed by atoms with van der Waals surface area (Å²) in [5.74, 6) is -1.04. The van der Waals surface area contributed by atoms with Crippen molar-refractivity contribution in [3.63, 3.8) is 0 Å². The van der Waals surface area contributed by atoms with Crippen molar-refractivity contribution in [2.45, 2.75) is 50.5 Å². The van der Waals surface area contributed by atoms with E-state index in [0.29, 0.717) is 19.3 Å². The summed E-state index contributed by atoms with van der Waals surface area (Å²) in [7, 11) is 1.83. The second-order valence-electron chi connectivity index (χ2n) is 4.70. The molecule has 3 N–H and O–H groups in total. The van der Waals surface area contributed by atoms with Crippen LogP contribution in [0.25, 0.3) is 0 Å². The van der Waals surface area contributed by atoms with Crippen molar-refractivity contribution in [1.29, 1.82) is 0 Å². The van der Waals surface area contributed by atoms with E-state index in [1.807, 2.05) is 7.05 Å². The molecule has 0 heterocycles. The minimum atomic E-state index is -1.00. The molecule has 1 amide bonds. The molecule has 5 nitrogen and oxygen atoms in total. The van der Waals surface area contributed by atoms with E-state index < -0.39 is 11.5 Å². The Balaban J connectivity index is 2.48. The Morgan fingerprint density at radius 3 is 2.41 bits per heavy atom. The number of hydrogen-bond donors (Lipinski definition) is 3. The van der Waals surface area contributed by atoms with Crippen LogP contribution < -0.4 is 10.6 Å². The zero-order chi connectivity index (χ0) is 12.7. The Morgan fingerprint density at radius 1 is 1.24 bits per heavy atom. The first kappa shape index (κ1) is 14.0.